The highest BCUT2D eigenvalue weighted by atomic mass is 15.1. The molecule has 0 aliphatic carbocycles. The summed E-state index contributed by atoms with van der Waals surface area (Å²) in [4.78, 5) is 10.7. The van der Waals surface area contributed by atoms with E-state index in [2.05, 4.69) is 44.4 Å². The van der Waals surface area contributed by atoms with Crippen LogP contribution in [0, 0.1) is 30.1 Å². The van der Waals surface area contributed by atoms with Crippen LogP contribution >= 0.6 is 0 Å². The summed E-state index contributed by atoms with van der Waals surface area (Å²) in [6.07, 6.45) is 2.57. The molecule has 1 atom stereocenters. The van der Waals surface area contributed by atoms with Gasteiger partial charge in [0, 0.05) is 31.4 Å². The molecule has 1 aromatic heterocycles. The molecule has 2 aromatic rings. The van der Waals surface area contributed by atoms with E-state index in [1.807, 2.05) is 32.2 Å². The molecule has 1 unspecified atom stereocenters. The van der Waals surface area contributed by atoms with Crippen LogP contribution in [0.2, 0.25) is 0 Å². The van der Waals surface area contributed by atoms with Crippen molar-refractivity contribution in [2.24, 2.45) is 5.92 Å². The van der Waals surface area contributed by atoms with E-state index < -0.39 is 0 Å². The van der Waals surface area contributed by atoms with Crippen LogP contribution in [-0.4, -0.2) is 54.3 Å². The Morgan fingerprint density at radius 2 is 2.21 bits per heavy atom. The van der Waals surface area contributed by atoms with Crippen LogP contribution < -0.4 is 16.4 Å². The van der Waals surface area contributed by atoms with Crippen molar-refractivity contribution in [1.82, 2.24) is 14.9 Å². The second-order valence-electron chi connectivity index (χ2n) is 7.19. The standard InChI is InChI=1S/C21H27N7/c1-14-4-6-17(24-2)10-16(14)5-7-18(22)19-20(23)26-13-27-21(19)25-11-15-8-9-28(3)12-15/h4,6,10,13,15,22,24H,8-9,11-12H2,1-3H3,(H3,23,25,26,27). The van der Waals surface area contributed by atoms with E-state index >= 15 is 0 Å². The number of nitrogen functional groups attached to an aromatic ring is 1. The fourth-order valence-electron chi connectivity index (χ4n) is 3.32. The largest absolute Gasteiger partial charge is 0.388 e. The van der Waals surface area contributed by atoms with Crippen molar-refractivity contribution in [2.75, 3.05) is 50.1 Å². The van der Waals surface area contributed by atoms with Crippen LogP contribution in [0.3, 0.4) is 0 Å². The van der Waals surface area contributed by atoms with E-state index in [-0.39, 0.29) is 11.5 Å². The number of hydrogen-bond donors (Lipinski definition) is 4. The Bertz CT molecular complexity index is 926. The lowest BCUT2D eigenvalue weighted by Crippen LogP contribution is -2.21. The van der Waals surface area contributed by atoms with Crippen LogP contribution in [0.25, 0.3) is 0 Å². The van der Waals surface area contributed by atoms with Gasteiger partial charge >= 0.3 is 0 Å². The van der Waals surface area contributed by atoms with Gasteiger partial charge in [0.05, 0.1) is 5.56 Å². The van der Waals surface area contributed by atoms with Gasteiger partial charge in [-0.3, -0.25) is 5.41 Å². The van der Waals surface area contributed by atoms with Crippen LogP contribution in [0.1, 0.15) is 23.1 Å². The molecule has 1 aromatic carbocycles. The zero-order valence-electron chi connectivity index (χ0n) is 16.6. The number of hydrogen-bond acceptors (Lipinski definition) is 7. The van der Waals surface area contributed by atoms with Crippen molar-refractivity contribution < 1.29 is 0 Å². The number of anilines is 3. The lowest BCUT2D eigenvalue weighted by molar-refractivity contribution is 0.399. The summed E-state index contributed by atoms with van der Waals surface area (Å²) in [7, 11) is 4.00. The second-order valence-corrected chi connectivity index (χ2v) is 7.19. The zero-order chi connectivity index (χ0) is 20.1. The molecule has 28 heavy (non-hydrogen) atoms. The van der Waals surface area contributed by atoms with Gasteiger partial charge in [-0.05, 0) is 56.5 Å². The summed E-state index contributed by atoms with van der Waals surface area (Å²) >= 11 is 0. The predicted octanol–water partition coefficient (Wildman–Crippen LogP) is 2.19. The van der Waals surface area contributed by atoms with E-state index in [1.165, 1.54) is 6.33 Å². The summed E-state index contributed by atoms with van der Waals surface area (Å²) in [5, 5.41) is 14.9. The summed E-state index contributed by atoms with van der Waals surface area (Å²) in [6.45, 7) is 4.95. The summed E-state index contributed by atoms with van der Waals surface area (Å²) in [5.41, 5.74) is 9.53. The molecule has 3 rings (SSSR count). The summed E-state index contributed by atoms with van der Waals surface area (Å²) in [6, 6.07) is 5.97. The zero-order valence-corrected chi connectivity index (χ0v) is 16.6. The van der Waals surface area contributed by atoms with Crippen LogP contribution in [0.4, 0.5) is 17.3 Å². The minimum atomic E-state index is 0.110. The maximum absolute atomic E-state index is 8.45. The number of aromatic nitrogens is 2. The van der Waals surface area contributed by atoms with Gasteiger partial charge in [-0.15, -0.1) is 0 Å². The number of nitrogens with two attached hydrogens (primary N) is 1. The number of likely N-dealkylation sites (tertiary alicyclic amines) is 1. The first kappa shape index (κ1) is 19.6. The third-order valence-electron chi connectivity index (χ3n) is 5.02. The number of rotatable bonds is 5. The SMILES string of the molecule is CNc1ccc(C)c(C#CC(=N)c2c(N)ncnc2NCC2CCN(C)C2)c1. The number of aryl methyl sites for hydroxylation is 1. The maximum Gasteiger partial charge on any atom is 0.141 e. The van der Waals surface area contributed by atoms with Gasteiger partial charge in [-0.1, -0.05) is 12.0 Å². The molecule has 0 radical (unpaired) electrons. The van der Waals surface area contributed by atoms with Crippen molar-refractivity contribution in [3.05, 3.63) is 41.2 Å². The summed E-state index contributed by atoms with van der Waals surface area (Å²) < 4.78 is 0. The van der Waals surface area contributed by atoms with Crippen LogP contribution in [0.5, 0.6) is 0 Å². The molecule has 1 aliphatic rings. The van der Waals surface area contributed by atoms with Gasteiger partial charge in [-0.25, -0.2) is 9.97 Å². The third kappa shape index (κ3) is 4.59. The van der Waals surface area contributed by atoms with Crippen molar-refractivity contribution in [2.45, 2.75) is 13.3 Å². The minimum absolute atomic E-state index is 0.110. The molecule has 5 N–H and O–H groups in total. The number of nitrogens with zero attached hydrogens (tertiary/aromatic N) is 3. The Morgan fingerprint density at radius 1 is 1.39 bits per heavy atom. The fourth-order valence-corrected chi connectivity index (χ4v) is 3.32. The normalized spacial score (nSPS) is 16.3. The average Bonchev–Trinajstić information content (AvgIpc) is 3.10. The molecular formula is C21H27N7. The van der Waals surface area contributed by atoms with E-state index in [1.54, 1.807) is 0 Å². The molecule has 0 bridgehead atoms. The van der Waals surface area contributed by atoms with Crippen LogP contribution in [0.15, 0.2) is 24.5 Å². The molecule has 1 fully saturated rings. The van der Waals surface area contributed by atoms with Crippen molar-refractivity contribution in [3.63, 3.8) is 0 Å². The van der Waals surface area contributed by atoms with E-state index in [0.29, 0.717) is 17.3 Å². The lowest BCUT2D eigenvalue weighted by atomic mass is 10.1. The number of benzene rings is 1. The first-order chi connectivity index (χ1) is 13.5. The average molecular weight is 377 g/mol. The molecule has 0 saturated carbocycles. The lowest BCUT2D eigenvalue weighted by Gasteiger charge is -2.14. The second kappa shape index (κ2) is 8.72. The van der Waals surface area contributed by atoms with Gasteiger partial charge in [0.15, 0.2) is 0 Å². The molecule has 0 amide bonds. The monoisotopic (exact) mass is 377 g/mol. The fraction of sp³-hybridized carbons (Fsp3) is 0.381. The molecular weight excluding hydrogens is 350 g/mol. The Balaban J connectivity index is 1.80. The van der Waals surface area contributed by atoms with Crippen molar-refractivity contribution in [1.29, 1.82) is 5.41 Å². The maximum atomic E-state index is 8.45. The van der Waals surface area contributed by atoms with Crippen molar-refractivity contribution in [3.8, 4) is 11.8 Å². The van der Waals surface area contributed by atoms with Crippen molar-refractivity contribution >= 4 is 23.0 Å². The topological polar surface area (TPSA) is 103 Å². The van der Waals surface area contributed by atoms with Gasteiger partial charge in [0.25, 0.3) is 0 Å². The first-order valence-corrected chi connectivity index (χ1v) is 9.40. The van der Waals surface area contributed by atoms with Gasteiger partial charge in [-0.2, -0.15) is 0 Å². The van der Waals surface area contributed by atoms with E-state index in [9.17, 15) is 0 Å². The van der Waals surface area contributed by atoms with Gasteiger partial charge in [0.1, 0.15) is 23.7 Å². The highest BCUT2D eigenvalue weighted by Gasteiger charge is 2.20. The molecule has 7 heteroatoms. The molecule has 7 nitrogen and oxygen atoms in total. The molecule has 1 aliphatic heterocycles. The predicted molar refractivity (Wildman–Crippen MR) is 115 cm³/mol. The molecule has 1 saturated heterocycles. The highest BCUT2D eigenvalue weighted by molar-refractivity contribution is 6.16. The molecule has 146 valence electrons. The smallest absolute Gasteiger partial charge is 0.141 e. The molecule has 0 spiro atoms. The van der Waals surface area contributed by atoms with E-state index in [4.69, 9.17) is 11.1 Å². The Kier molecular flexibility index (Phi) is 6.12. The van der Waals surface area contributed by atoms with Gasteiger partial charge < -0.3 is 21.3 Å². The first-order valence-electron chi connectivity index (χ1n) is 9.40. The number of nitrogens with one attached hydrogen (secondary N) is 3. The van der Waals surface area contributed by atoms with Crippen LogP contribution in [-0.2, 0) is 0 Å². The Labute approximate surface area is 166 Å². The minimum Gasteiger partial charge on any atom is -0.388 e. The van der Waals surface area contributed by atoms with E-state index in [0.717, 1.165) is 42.9 Å². The quantitative estimate of drug-likeness (QED) is 0.470. The third-order valence-corrected chi connectivity index (χ3v) is 5.02. The van der Waals surface area contributed by atoms with Gasteiger partial charge in [0.2, 0.25) is 0 Å². The Hall–Kier alpha value is -3.11. The highest BCUT2D eigenvalue weighted by Crippen LogP contribution is 2.21. The Morgan fingerprint density at radius 3 is 2.93 bits per heavy atom. The molecule has 2 heterocycles. The summed E-state index contributed by atoms with van der Waals surface area (Å²) in [5.74, 6) is 7.40.